The van der Waals surface area contributed by atoms with Crippen LogP contribution in [0.5, 0.6) is 0 Å². The van der Waals surface area contributed by atoms with Gasteiger partial charge in [0.1, 0.15) is 11.4 Å². The van der Waals surface area contributed by atoms with E-state index >= 15 is 0 Å². The summed E-state index contributed by atoms with van der Waals surface area (Å²) in [5.41, 5.74) is 11.8. The molecule has 110 valence electrons. The predicted octanol–water partition coefficient (Wildman–Crippen LogP) is 1.01. The van der Waals surface area contributed by atoms with Crippen LogP contribution in [0.2, 0.25) is 0 Å². The van der Waals surface area contributed by atoms with Gasteiger partial charge in [-0.05, 0) is 25.1 Å². The summed E-state index contributed by atoms with van der Waals surface area (Å²) in [6.07, 6.45) is 0. The molecule has 0 radical (unpaired) electrons. The number of nitrogens with zero attached hydrogens (tertiary/aromatic N) is 1. The second kappa shape index (κ2) is 5.95. The number of carbonyl (C=O) groups is 2. The Balaban J connectivity index is 2.26. The number of amides is 1. The number of nitrogens with two attached hydrogens (primary N) is 2. The number of benzene rings is 1. The van der Waals surface area contributed by atoms with Crippen molar-refractivity contribution in [2.24, 2.45) is 5.73 Å². The molecule has 0 aliphatic carbocycles. The van der Waals surface area contributed by atoms with E-state index in [4.69, 9.17) is 16.2 Å². The van der Waals surface area contributed by atoms with E-state index in [0.29, 0.717) is 11.3 Å². The summed E-state index contributed by atoms with van der Waals surface area (Å²) in [5, 5.41) is 9.22. The van der Waals surface area contributed by atoms with Crippen LogP contribution in [0.25, 0.3) is 0 Å². The Hall–Kier alpha value is -3.03. The van der Waals surface area contributed by atoms with E-state index in [0.717, 1.165) is 0 Å². The minimum absolute atomic E-state index is 0.0662. The number of anilines is 3. The van der Waals surface area contributed by atoms with Crippen molar-refractivity contribution in [2.45, 2.75) is 6.92 Å². The van der Waals surface area contributed by atoms with Gasteiger partial charge >= 0.3 is 5.97 Å². The van der Waals surface area contributed by atoms with Crippen LogP contribution < -0.4 is 16.8 Å². The van der Waals surface area contributed by atoms with E-state index in [1.54, 1.807) is 31.2 Å². The summed E-state index contributed by atoms with van der Waals surface area (Å²) in [5.74, 6) is -0.865. The maximum atomic E-state index is 11.7. The molecule has 2 rings (SSSR count). The molecule has 1 aromatic heterocycles. The third-order valence-corrected chi connectivity index (χ3v) is 2.68. The van der Waals surface area contributed by atoms with Crippen LogP contribution in [0.4, 0.5) is 17.3 Å². The number of carbonyl (C=O) groups excluding carboxylic acids is 2. The van der Waals surface area contributed by atoms with E-state index in [1.807, 2.05) is 0 Å². The fourth-order valence-electron chi connectivity index (χ4n) is 1.77. The van der Waals surface area contributed by atoms with Gasteiger partial charge in [0.25, 0.3) is 5.91 Å². The number of hydrogen-bond acceptors (Lipinski definition) is 6. The average molecular weight is 289 g/mol. The van der Waals surface area contributed by atoms with Crippen LogP contribution in [0.15, 0.2) is 24.3 Å². The Labute approximate surface area is 120 Å². The molecular weight excluding hydrogens is 274 g/mol. The van der Waals surface area contributed by atoms with Crippen LogP contribution in [-0.4, -0.2) is 28.7 Å². The quantitative estimate of drug-likeness (QED) is 0.606. The molecule has 0 aliphatic heterocycles. The minimum Gasteiger partial charge on any atom is -0.462 e. The van der Waals surface area contributed by atoms with E-state index in [-0.39, 0.29) is 23.8 Å². The van der Waals surface area contributed by atoms with Gasteiger partial charge in [-0.1, -0.05) is 6.07 Å². The lowest BCUT2D eigenvalue weighted by molar-refractivity contribution is 0.0526. The maximum absolute atomic E-state index is 11.7. The number of aromatic nitrogens is 2. The van der Waals surface area contributed by atoms with Crippen LogP contribution in [-0.2, 0) is 4.74 Å². The van der Waals surface area contributed by atoms with Crippen molar-refractivity contribution < 1.29 is 14.3 Å². The molecule has 0 unspecified atom stereocenters. The Morgan fingerprint density at radius 3 is 2.86 bits per heavy atom. The second-order valence-electron chi connectivity index (χ2n) is 4.15. The third kappa shape index (κ3) is 3.11. The Morgan fingerprint density at radius 2 is 2.19 bits per heavy atom. The van der Waals surface area contributed by atoms with Crippen molar-refractivity contribution >= 4 is 29.2 Å². The maximum Gasteiger partial charge on any atom is 0.338 e. The zero-order valence-corrected chi connectivity index (χ0v) is 11.3. The minimum atomic E-state index is -0.703. The molecule has 1 aromatic carbocycles. The van der Waals surface area contributed by atoms with Gasteiger partial charge in [0.15, 0.2) is 5.82 Å². The molecule has 0 saturated carbocycles. The third-order valence-electron chi connectivity index (χ3n) is 2.68. The summed E-state index contributed by atoms with van der Waals surface area (Å²) in [6.45, 7) is 2.02. The molecule has 8 nitrogen and oxygen atoms in total. The number of ether oxygens (including phenoxy) is 1. The van der Waals surface area contributed by atoms with Crippen LogP contribution in [0.3, 0.4) is 0 Å². The monoisotopic (exact) mass is 289 g/mol. The van der Waals surface area contributed by atoms with E-state index < -0.39 is 11.9 Å². The van der Waals surface area contributed by atoms with E-state index in [1.165, 1.54) is 0 Å². The van der Waals surface area contributed by atoms with Gasteiger partial charge in [-0.2, -0.15) is 5.10 Å². The molecule has 0 spiro atoms. The summed E-state index contributed by atoms with van der Waals surface area (Å²) in [4.78, 5) is 23.0. The second-order valence-corrected chi connectivity index (χ2v) is 4.15. The lowest BCUT2D eigenvalue weighted by Crippen LogP contribution is -2.14. The number of rotatable bonds is 5. The highest BCUT2D eigenvalue weighted by molar-refractivity contribution is 6.02. The molecule has 21 heavy (non-hydrogen) atoms. The van der Waals surface area contributed by atoms with Crippen LogP contribution >= 0.6 is 0 Å². The number of esters is 1. The molecule has 0 bridgehead atoms. The fourth-order valence-corrected chi connectivity index (χ4v) is 1.77. The Morgan fingerprint density at radius 1 is 1.43 bits per heavy atom. The first-order valence-corrected chi connectivity index (χ1v) is 6.20. The van der Waals surface area contributed by atoms with Crippen molar-refractivity contribution in [3.63, 3.8) is 0 Å². The molecular formula is C13H15N5O3. The number of H-pyrrole nitrogens is 1. The van der Waals surface area contributed by atoms with Crippen molar-refractivity contribution in [1.29, 1.82) is 0 Å². The number of primary amides is 1. The highest BCUT2D eigenvalue weighted by atomic mass is 16.5. The number of aromatic amines is 1. The van der Waals surface area contributed by atoms with Gasteiger partial charge in [-0.3, -0.25) is 9.89 Å². The zero-order chi connectivity index (χ0) is 15.4. The molecule has 6 N–H and O–H groups in total. The first kappa shape index (κ1) is 14.4. The molecule has 8 heteroatoms. The highest BCUT2D eigenvalue weighted by Crippen LogP contribution is 2.23. The predicted molar refractivity (Wildman–Crippen MR) is 77.2 cm³/mol. The molecule has 1 heterocycles. The molecule has 0 fully saturated rings. The molecule has 0 aliphatic rings. The zero-order valence-electron chi connectivity index (χ0n) is 11.3. The highest BCUT2D eigenvalue weighted by Gasteiger charge is 2.17. The van der Waals surface area contributed by atoms with E-state index in [2.05, 4.69) is 15.5 Å². The topological polar surface area (TPSA) is 136 Å². The van der Waals surface area contributed by atoms with Crippen molar-refractivity contribution in [2.75, 3.05) is 17.7 Å². The van der Waals surface area contributed by atoms with Gasteiger partial charge in [-0.15, -0.1) is 0 Å². The summed E-state index contributed by atoms with van der Waals surface area (Å²) >= 11 is 0. The van der Waals surface area contributed by atoms with Gasteiger partial charge in [0.05, 0.1) is 12.2 Å². The summed E-state index contributed by atoms with van der Waals surface area (Å²) < 4.78 is 4.92. The first-order chi connectivity index (χ1) is 10.0. The Bertz CT molecular complexity index is 680. The van der Waals surface area contributed by atoms with Crippen molar-refractivity contribution in [3.8, 4) is 0 Å². The molecule has 0 atom stereocenters. The van der Waals surface area contributed by atoms with Crippen molar-refractivity contribution in [1.82, 2.24) is 10.2 Å². The van der Waals surface area contributed by atoms with Gasteiger partial charge in [0, 0.05) is 5.69 Å². The molecule has 0 saturated heterocycles. The van der Waals surface area contributed by atoms with Crippen LogP contribution in [0, 0.1) is 0 Å². The fraction of sp³-hybridized carbons (Fsp3) is 0.154. The standard InChI is InChI=1S/C13H15N5O3/c1-2-21-13(20)7-4-3-5-8(6-7)16-12-9(11(15)19)10(14)17-18-12/h3-6H,2H2,1H3,(H2,15,19)(H4,14,16,17,18). The molecule has 1 amide bonds. The summed E-state index contributed by atoms with van der Waals surface area (Å²) in [7, 11) is 0. The number of nitrogen functional groups attached to an aromatic ring is 1. The van der Waals surface area contributed by atoms with E-state index in [9.17, 15) is 9.59 Å². The Kier molecular flexibility index (Phi) is 4.07. The SMILES string of the molecule is CCOC(=O)c1cccc(Nc2n[nH]c(N)c2C(N)=O)c1. The largest absolute Gasteiger partial charge is 0.462 e. The molecule has 2 aromatic rings. The summed E-state index contributed by atoms with van der Waals surface area (Å²) in [6, 6.07) is 6.58. The van der Waals surface area contributed by atoms with Gasteiger partial charge in [0.2, 0.25) is 0 Å². The van der Waals surface area contributed by atoms with Gasteiger partial charge in [-0.25, -0.2) is 4.79 Å². The first-order valence-electron chi connectivity index (χ1n) is 6.20. The smallest absolute Gasteiger partial charge is 0.338 e. The lowest BCUT2D eigenvalue weighted by atomic mass is 10.2. The lowest BCUT2D eigenvalue weighted by Gasteiger charge is -2.07. The van der Waals surface area contributed by atoms with Gasteiger partial charge < -0.3 is 21.5 Å². The number of nitrogens with one attached hydrogen (secondary N) is 2. The normalized spacial score (nSPS) is 10.1. The number of hydrogen-bond donors (Lipinski definition) is 4. The van der Waals surface area contributed by atoms with Crippen molar-refractivity contribution in [3.05, 3.63) is 35.4 Å². The average Bonchev–Trinajstić information content (AvgIpc) is 2.80. The van der Waals surface area contributed by atoms with Crippen LogP contribution in [0.1, 0.15) is 27.6 Å².